The van der Waals surface area contributed by atoms with Crippen molar-refractivity contribution in [1.29, 1.82) is 0 Å². The number of carbonyl (C=O) groups excluding carboxylic acids is 1. The van der Waals surface area contributed by atoms with Gasteiger partial charge in [0, 0.05) is 7.11 Å². The van der Waals surface area contributed by atoms with Crippen LogP contribution in [0.2, 0.25) is 0 Å². The van der Waals surface area contributed by atoms with E-state index >= 15 is 0 Å². The second-order valence-corrected chi connectivity index (χ2v) is 3.06. The Morgan fingerprint density at radius 3 is 2.75 bits per heavy atom. The summed E-state index contributed by atoms with van der Waals surface area (Å²) in [5, 5.41) is 0. The van der Waals surface area contributed by atoms with Crippen LogP contribution in [-0.2, 0) is 9.53 Å². The summed E-state index contributed by atoms with van der Waals surface area (Å²) in [7, 11) is 1.60. The molecular formula is C10H14O2. The maximum Gasteiger partial charge on any atom is 0.173 e. The summed E-state index contributed by atoms with van der Waals surface area (Å²) in [5.74, 6) is 6.08. The molecule has 1 atom stereocenters. The summed E-state index contributed by atoms with van der Waals surface area (Å²) in [4.78, 5) is 11.4. The molecular weight excluding hydrogens is 152 g/mol. The van der Waals surface area contributed by atoms with E-state index in [1.165, 1.54) is 0 Å². The molecule has 12 heavy (non-hydrogen) atoms. The second-order valence-electron chi connectivity index (χ2n) is 3.06. The van der Waals surface area contributed by atoms with Crippen molar-refractivity contribution < 1.29 is 9.53 Å². The molecule has 0 N–H and O–H groups in total. The zero-order valence-electron chi connectivity index (χ0n) is 7.59. The number of hydrogen-bond donors (Lipinski definition) is 0. The molecule has 0 amide bonds. The van der Waals surface area contributed by atoms with Gasteiger partial charge in [0.25, 0.3) is 0 Å². The fourth-order valence-electron chi connectivity index (χ4n) is 1.26. The summed E-state index contributed by atoms with van der Waals surface area (Å²) >= 11 is 0. The lowest BCUT2D eigenvalue weighted by molar-refractivity contribution is -0.128. The van der Waals surface area contributed by atoms with Gasteiger partial charge in [-0.2, -0.15) is 0 Å². The maximum absolute atomic E-state index is 11.4. The van der Waals surface area contributed by atoms with Crippen LogP contribution < -0.4 is 0 Å². The number of carbonyl (C=O) groups is 1. The highest BCUT2D eigenvalue weighted by Gasteiger charge is 2.35. The highest BCUT2D eigenvalue weighted by molar-refractivity contribution is 5.85. The SMILES string of the molecule is CC#CCC(=O)C(OC)C1CC1. The van der Waals surface area contributed by atoms with Crippen LogP contribution in [0.4, 0.5) is 0 Å². The van der Waals surface area contributed by atoms with Crippen molar-refractivity contribution in [3.05, 3.63) is 0 Å². The van der Waals surface area contributed by atoms with Gasteiger partial charge < -0.3 is 4.74 Å². The van der Waals surface area contributed by atoms with Crippen LogP contribution in [0.25, 0.3) is 0 Å². The molecule has 66 valence electrons. The highest BCUT2D eigenvalue weighted by atomic mass is 16.5. The maximum atomic E-state index is 11.4. The Morgan fingerprint density at radius 1 is 1.67 bits per heavy atom. The van der Waals surface area contributed by atoms with Crippen molar-refractivity contribution in [3.8, 4) is 11.8 Å². The van der Waals surface area contributed by atoms with Crippen LogP contribution in [-0.4, -0.2) is 19.0 Å². The summed E-state index contributed by atoms with van der Waals surface area (Å²) in [6.07, 6.45) is 2.41. The Morgan fingerprint density at radius 2 is 2.33 bits per heavy atom. The molecule has 1 unspecified atom stereocenters. The van der Waals surface area contributed by atoms with Gasteiger partial charge in [-0.3, -0.25) is 4.79 Å². The van der Waals surface area contributed by atoms with Crippen LogP contribution >= 0.6 is 0 Å². The molecule has 1 saturated carbocycles. The van der Waals surface area contributed by atoms with E-state index in [9.17, 15) is 4.79 Å². The van der Waals surface area contributed by atoms with Crippen molar-refractivity contribution in [2.45, 2.75) is 32.3 Å². The fourth-order valence-corrected chi connectivity index (χ4v) is 1.26. The van der Waals surface area contributed by atoms with E-state index in [1.54, 1.807) is 14.0 Å². The molecule has 1 fully saturated rings. The molecule has 2 nitrogen and oxygen atoms in total. The minimum absolute atomic E-state index is 0.134. The van der Waals surface area contributed by atoms with Gasteiger partial charge in [0.15, 0.2) is 5.78 Å². The highest BCUT2D eigenvalue weighted by Crippen LogP contribution is 2.34. The van der Waals surface area contributed by atoms with Gasteiger partial charge in [0.2, 0.25) is 0 Å². The molecule has 0 radical (unpaired) electrons. The number of Topliss-reactive ketones (excluding diaryl/α,β-unsaturated/α-hetero) is 1. The van der Waals surface area contributed by atoms with Crippen LogP contribution in [0, 0.1) is 17.8 Å². The van der Waals surface area contributed by atoms with E-state index in [0.717, 1.165) is 12.8 Å². The molecule has 0 aromatic rings. The molecule has 0 aromatic heterocycles. The lowest BCUT2D eigenvalue weighted by Gasteiger charge is -2.10. The van der Waals surface area contributed by atoms with E-state index in [0.29, 0.717) is 12.3 Å². The topological polar surface area (TPSA) is 26.3 Å². The Labute approximate surface area is 73.3 Å². The van der Waals surface area contributed by atoms with Crippen molar-refractivity contribution >= 4 is 5.78 Å². The smallest absolute Gasteiger partial charge is 0.173 e. The van der Waals surface area contributed by atoms with Crippen LogP contribution in [0.3, 0.4) is 0 Å². The Hall–Kier alpha value is -0.810. The number of ketones is 1. The summed E-state index contributed by atoms with van der Waals surface area (Å²) in [6.45, 7) is 1.74. The van der Waals surface area contributed by atoms with Gasteiger partial charge in [-0.15, -0.1) is 5.92 Å². The first-order valence-corrected chi connectivity index (χ1v) is 4.24. The molecule has 2 heteroatoms. The number of rotatable bonds is 4. The molecule has 0 aromatic carbocycles. The second kappa shape index (κ2) is 4.27. The third-order valence-corrected chi connectivity index (χ3v) is 2.06. The van der Waals surface area contributed by atoms with Crippen LogP contribution in [0.1, 0.15) is 26.2 Å². The first-order chi connectivity index (χ1) is 5.79. The summed E-state index contributed by atoms with van der Waals surface area (Å²) in [6, 6.07) is 0. The van der Waals surface area contributed by atoms with E-state index in [-0.39, 0.29) is 11.9 Å². The lowest BCUT2D eigenvalue weighted by atomic mass is 10.1. The van der Waals surface area contributed by atoms with Gasteiger partial charge in [0.1, 0.15) is 6.10 Å². The van der Waals surface area contributed by atoms with Crippen molar-refractivity contribution in [2.24, 2.45) is 5.92 Å². The number of hydrogen-bond acceptors (Lipinski definition) is 2. The fraction of sp³-hybridized carbons (Fsp3) is 0.700. The van der Waals surface area contributed by atoms with E-state index in [4.69, 9.17) is 4.74 Å². The minimum atomic E-state index is -0.189. The van der Waals surface area contributed by atoms with E-state index in [2.05, 4.69) is 11.8 Å². The molecule has 0 bridgehead atoms. The zero-order valence-corrected chi connectivity index (χ0v) is 7.59. The van der Waals surface area contributed by atoms with Crippen LogP contribution in [0.15, 0.2) is 0 Å². The minimum Gasteiger partial charge on any atom is -0.373 e. The molecule has 1 rings (SSSR count). The number of methoxy groups -OCH3 is 1. The Balaban J connectivity index is 2.39. The molecule has 0 saturated heterocycles. The summed E-state index contributed by atoms with van der Waals surface area (Å²) in [5.41, 5.74) is 0. The predicted molar refractivity (Wildman–Crippen MR) is 46.6 cm³/mol. The first kappa shape index (κ1) is 9.28. The lowest BCUT2D eigenvalue weighted by Crippen LogP contribution is -2.24. The quantitative estimate of drug-likeness (QED) is 0.590. The average molecular weight is 166 g/mol. The third kappa shape index (κ3) is 2.35. The third-order valence-electron chi connectivity index (χ3n) is 2.06. The van der Waals surface area contributed by atoms with E-state index < -0.39 is 0 Å². The summed E-state index contributed by atoms with van der Waals surface area (Å²) < 4.78 is 5.12. The monoisotopic (exact) mass is 166 g/mol. The van der Waals surface area contributed by atoms with Crippen molar-refractivity contribution in [1.82, 2.24) is 0 Å². The van der Waals surface area contributed by atoms with E-state index in [1.807, 2.05) is 0 Å². The van der Waals surface area contributed by atoms with Gasteiger partial charge in [-0.1, -0.05) is 5.92 Å². The Bertz CT molecular complexity index is 218. The first-order valence-electron chi connectivity index (χ1n) is 4.24. The van der Waals surface area contributed by atoms with Crippen molar-refractivity contribution in [3.63, 3.8) is 0 Å². The molecule has 1 aliphatic rings. The largest absolute Gasteiger partial charge is 0.373 e. The molecule has 0 spiro atoms. The van der Waals surface area contributed by atoms with Crippen LogP contribution in [0.5, 0.6) is 0 Å². The van der Waals surface area contributed by atoms with Gasteiger partial charge in [-0.25, -0.2) is 0 Å². The van der Waals surface area contributed by atoms with Crippen molar-refractivity contribution in [2.75, 3.05) is 7.11 Å². The predicted octanol–water partition coefficient (Wildman–Crippen LogP) is 1.39. The van der Waals surface area contributed by atoms with Gasteiger partial charge >= 0.3 is 0 Å². The standard InChI is InChI=1S/C10H14O2/c1-3-4-5-9(11)10(12-2)8-6-7-8/h8,10H,5-7H2,1-2H3. The zero-order chi connectivity index (χ0) is 8.97. The Kier molecular flexibility index (Phi) is 3.31. The normalized spacial score (nSPS) is 17.8. The number of ether oxygens (including phenoxy) is 1. The molecule has 0 aliphatic heterocycles. The van der Waals surface area contributed by atoms with Gasteiger partial charge in [0.05, 0.1) is 6.42 Å². The van der Waals surface area contributed by atoms with Gasteiger partial charge in [-0.05, 0) is 25.7 Å². The molecule has 0 heterocycles. The average Bonchev–Trinajstić information content (AvgIpc) is 2.86. The molecule has 1 aliphatic carbocycles.